The predicted molar refractivity (Wildman–Crippen MR) is 125 cm³/mol. The molecule has 0 spiro atoms. The Morgan fingerprint density at radius 2 is 1.91 bits per heavy atom. The first-order chi connectivity index (χ1) is 16.1. The lowest BCUT2D eigenvalue weighted by Gasteiger charge is -2.28. The van der Waals surface area contributed by atoms with Crippen molar-refractivity contribution in [1.82, 2.24) is 15.1 Å². The summed E-state index contributed by atoms with van der Waals surface area (Å²) in [5.41, 5.74) is 3.99. The van der Waals surface area contributed by atoms with Crippen LogP contribution in [0, 0.1) is 0 Å². The lowest BCUT2D eigenvalue weighted by molar-refractivity contribution is 0.0526. The van der Waals surface area contributed by atoms with E-state index >= 15 is 0 Å². The van der Waals surface area contributed by atoms with Crippen molar-refractivity contribution in [3.05, 3.63) is 82.6 Å². The molecule has 0 fully saturated rings. The molecule has 5 rings (SSSR count). The summed E-state index contributed by atoms with van der Waals surface area (Å²) >= 11 is 6.05. The van der Waals surface area contributed by atoms with Gasteiger partial charge in [0.05, 0.1) is 18.8 Å². The van der Waals surface area contributed by atoms with E-state index in [1.165, 1.54) is 0 Å². The summed E-state index contributed by atoms with van der Waals surface area (Å²) in [6.07, 6.45) is 2.21. The van der Waals surface area contributed by atoms with Crippen molar-refractivity contribution >= 4 is 23.4 Å². The number of fused-ring (bicyclic) bond motifs is 1. The summed E-state index contributed by atoms with van der Waals surface area (Å²) in [5.74, 6) is 1.34. The number of benzene rings is 2. The van der Waals surface area contributed by atoms with Crippen LogP contribution in [0.15, 0.2) is 65.3 Å². The molecule has 0 N–H and O–H groups in total. The van der Waals surface area contributed by atoms with Crippen molar-refractivity contribution in [3.63, 3.8) is 0 Å². The van der Waals surface area contributed by atoms with E-state index in [9.17, 15) is 4.79 Å². The fourth-order valence-corrected chi connectivity index (χ4v) is 4.04. The molecule has 7 nitrogen and oxygen atoms in total. The molecule has 0 aliphatic carbocycles. The van der Waals surface area contributed by atoms with Gasteiger partial charge in [0, 0.05) is 40.9 Å². The zero-order valence-electron chi connectivity index (χ0n) is 18.0. The van der Waals surface area contributed by atoms with Crippen LogP contribution >= 0.6 is 11.6 Å². The van der Waals surface area contributed by atoms with Crippen LogP contribution < -0.4 is 4.90 Å². The average molecular weight is 461 g/mol. The second kappa shape index (κ2) is 9.03. The number of nitrogens with zero attached hydrogens (tertiary/aromatic N) is 4. The first-order valence-electron chi connectivity index (χ1n) is 10.7. The van der Waals surface area contributed by atoms with Crippen molar-refractivity contribution < 1.29 is 14.1 Å². The van der Waals surface area contributed by atoms with E-state index in [0.717, 1.165) is 22.4 Å². The van der Waals surface area contributed by atoms with Crippen LogP contribution in [0.4, 0.5) is 5.82 Å². The number of esters is 1. The van der Waals surface area contributed by atoms with Gasteiger partial charge in [-0.1, -0.05) is 47.1 Å². The highest BCUT2D eigenvalue weighted by molar-refractivity contribution is 6.30. The fraction of sp³-hybridized carbons (Fsp3) is 0.200. The largest absolute Gasteiger partial charge is 0.462 e. The van der Waals surface area contributed by atoms with Gasteiger partial charge >= 0.3 is 5.97 Å². The van der Waals surface area contributed by atoms with Crippen LogP contribution in [0.1, 0.15) is 28.5 Å². The minimum atomic E-state index is -0.443. The summed E-state index contributed by atoms with van der Waals surface area (Å²) in [6, 6.07) is 17.1. The van der Waals surface area contributed by atoms with Gasteiger partial charge in [0.15, 0.2) is 11.6 Å². The third-order valence-corrected chi connectivity index (χ3v) is 5.79. The number of aromatic nitrogens is 3. The van der Waals surface area contributed by atoms with E-state index in [0.29, 0.717) is 47.5 Å². The zero-order chi connectivity index (χ0) is 22.8. The lowest BCUT2D eigenvalue weighted by atomic mass is 10.0. The molecule has 166 valence electrons. The van der Waals surface area contributed by atoms with Crippen molar-refractivity contribution in [2.24, 2.45) is 0 Å². The lowest BCUT2D eigenvalue weighted by Crippen LogP contribution is -2.32. The Morgan fingerprint density at radius 3 is 2.67 bits per heavy atom. The average Bonchev–Trinajstić information content (AvgIpc) is 3.28. The quantitative estimate of drug-likeness (QED) is 0.379. The second-order valence-electron chi connectivity index (χ2n) is 7.63. The Bertz CT molecular complexity index is 1290. The Balaban J connectivity index is 1.55. The normalized spacial score (nSPS) is 13.0. The van der Waals surface area contributed by atoms with Gasteiger partial charge in [0.25, 0.3) is 0 Å². The van der Waals surface area contributed by atoms with Crippen LogP contribution in [-0.2, 0) is 17.7 Å². The third-order valence-electron chi connectivity index (χ3n) is 5.54. The molecular formula is C25H21ClN4O3. The van der Waals surface area contributed by atoms with E-state index < -0.39 is 5.97 Å². The molecule has 3 heterocycles. The fourth-order valence-electron chi connectivity index (χ4n) is 3.91. The number of ether oxygens (including phenoxy) is 1. The van der Waals surface area contributed by atoms with Crippen molar-refractivity contribution in [1.29, 1.82) is 0 Å². The molecule has 0 radical (unpaired) electrons. The number of carbonyl (C=O) groups excluding carboxylic acids is 1. The summed E-state index contributed by atoms with van der Waals surface area (Å²) < 4.78 is 11.0. The van der Waals surface area contributed by atoms with Crippen molar-refractivity contribution in [3.8, 4) is 22.7 Å². The van der Waals surface area contributed by atoms with Gasteiger partial charge in [-0.05, 0) is 31.2 Å². The minimum Gasteiger partial charge on any atom is -0.462 e. The highest BCUT2D eigenvalue weighted by Crippen LogP contribution is 2.34. The molecule has 4 aromatic rings. The SMILES string of the molecule is CCOC(=O)c1cnc(-c2ccccc2)nc1N1CCc2noc(-c3ccc(Cl)cc3)c2C1. The molecule has 0 saturated carbocycles. The van der Waals surface area contributed by atoms with Crippen LogP contribution in [0.2, 0.25) is 5.02 Å². The van der Waals surface area contributed by atoms with Gasteiger partial charge in [-0.2, -0.15) is 0 Å². The molecule has 0 saturated heterocycles. The topological polar surface area (TPSA) is 81.4 Å². The molecular weight excluding hydrogens is 440 g/mol. The number of carbonyl (C=O) groups is 1. The Hall–Kier alpha value is -3.71. The molecule has 0 atom stereocenters. The van der Waals surface area contributed by atoms with E-state index in [4.69, 9.17) is 25.8 Å². The second-order valence-corrected chi connectivity index (χ2v) is 8.07. The molecule has 0 unspecified atom stereocenters. The number of hydrogen-bond donors (Lipinski definition) is 0. The molecule has 0 amide bonds. The molecule has 1 aliphatic rings. The molecule has 2 aromatic carbocycles. The molecule has 2 aromatic heterocycles. The van der Waals surface area contributed by atoms with Gasteiger partial charge in [-0.3, -0.25) is 0 Å². The highest BCUT2D eigenvalue weighted by atomic mass is 35.5. The number of rotatable bonds is 5. The summed E-state index contributed by atoms with van der Waals surface area (Å²) in [5, 5.41) is 4.93. The first-order valence-corrected chi connectivity index (χ1v) is 11.1. The molecule has 0 bridgehead atoms. The van der Waals surface area contributed by atoms with Gasteiger partial charge in [0.2, 0.25) is 0 Å². The maximum atomic E-state index is 12.7. The third kappa shape index (κ3) is 4.19. The highest BCUT2D eigenvalue weighted by Gasteiger charge is 2.29. The molecule has 1 aliphatic heterocycles. The zero-order valence-corrected chi connectivity index (χ0v) is 18.7. The van der Waals surface area contributed by atoms with Gasteiger partial charge in [0.1, 0.15) is 11.4 Å². The van der Waals surface area contributed by atoms with Gasteiger partial charge in [-0.25, -0.2) is 14.8 Å². The van der Waals surface area contributed by atoms with Gasteiger partial charge < -0.3 is 14.2 Å². The van der Waals surface area contributed by atoms with E-state index in [1.54, 1.807) is 13.1 Å². The van der Waals surface area contributed by atoms with E-state index in [-0.39, 0.29) is 6.61 Å². The maximum absolute atomic E-state index is 12.7. The first kappa shape index (κ1) is 21.2. The van der Waals surface area contributed by atoms with Crippen LogP contribution in [0.3, 0.4) is 0 Å². The van der Waals surface area contributed by atoms with E-state index in [1.807, 2.05) is 54.6 Å². The van der Waals surface area contributed by atoms with Crippen molar-refractivity contribution in [2.45, 2.75) is 19.9 Å². The standard InChI is InChI=1S/C25H21ClN4O3/c1-2-32-25(31)19-14-27-23(17-6-4-3-5-7-17)28-24(19)30-13-12-21-20(15-30)22(33-29-21)16-8-10-18(26)11-9-16/h3-11,14H,2,12-13,15H2,1H3. The smallest absolute Gasteiger partial charge is 0.343 e. The number of anilines is 1. The Kier molecular flexibility index (Phi) is 5.79. The Morgan fingerprint density at radius 1 is 1.12 bits per heavy atom. The Labute approximate surface area is 196 Å². The van der Waals surface area contributed by atoms with Crippen LogP contribution in [-0.4, -0.2) is 34.2 Å². The maximum Gasteiger partial charge on any atom is 0.343 e. The van der Waals surface area contributed by atoms with Crippen LogP contribution in [0.25, 0.3) is 22.7 Å². The minimum absolute atomic E-state index is 0.273. The number of halogens is 1. The summed E-state index contributed by atoms with van der Waals surface area (Å²) in [4.78, 5) is 24.0. The predicted octanol–water partition coefficient (Wildman–Crippen LogP) is 5.19. The number of hydrogen-bond acceptors (Lipinski definition) is 7. The van der Waals surface area contributed by atoms with E-state index in [2.05, 4.69) is 15.0 Å². The summed E-state index contributed by atoms with van der Waals surface area (Å²) in [7, 11) is 0. The molecule has 33 heavy (non-hydrogen) atoms. The van der Waals surface area contributed by atoms with Crippen molar-refractivity contribution in [2.75, 3.05) is 18.1 Å². The van der Waals surface area contributed by atoms with Gasteiger partial charge in [-0.15, -0.1) is 0 Å². The monoisotopic (exact) mass is 460 g/mol. The molecule has 8 heteroatoms. The summed E-state index contributed by atoms with van der Waals surface area (Å²) in [6.45, 7) is 3.18. The van der Waals surface area contributed by atoms with Crippen LogP contribution in [0.5, 0.6) is 0 Å².